The first-order chi connectivity index (χ1) is 10.2. The van der Waals surface area contributed by atoms with Gasteiger partial charge in [0.15, 0.2) is 17.3 Å². The standard InChI is InChI=1S/C14H15FN4O2/c1-21-12-3-2-8(6-10(12)15)17-14(20)13-9-7-16-5-4-11(9)18-19-13/h2-3,6,16H,4-5,7H2,1H3,(H,17,20)(H,18,19). The maximum absolute atomic E-state index is 13.6. The third-order valence-electron chi connectivity index (χ3n) is 3.43. The van der Waals surface area contributed by atoms with Crippen molar-refractivity contribution in [2.24, 2.45) is 0 Å². The van der Waals surface area contributed by atoms with Crippen LogP contribution in [0, 0.1) is 5.82 Å². The van der Waals surface area contributed by atoms with E-state index in [0.717, 1.165) is 24.2 Å². The zero-order valence-corrected chi connectivity index (χ0v) is 11.5. The maximum atomic E-state index is 13.6. The van der Waals surface area contributed by atoms with E-state index < -0.39 is 5.82 Å². The summed E-state index contributed by atoms with van der Waals surface area (Å²) in [7, 11) is 1.39. The van der Waals surface area contributed by atoms with Crippen molar-refractivity contribution in [2.75, 3.05) is 19.0 Å². The normalized spacial score (nSPS) is 13.6. The summed E-state index contributed by atoms with van der Waals surface area (Å²) in [6.45, 7) is 1.46. The fraction of sp³-hybridized carbons (Fsp3) is 0.286. The summed E-state index contributed by atoms with van der Waals surface area (Å²) in [6, 6.07) is 4.26. The smallest absolute Gasteiger partial charge is 0.276 e. The SMILES string of the molecule is COc1ccc(NC(=O)c2n[nH]c3c2CNCC3)cc1F. The summed E-state index contributed by atoms with van der Waals surface area (Å²) in [5.41, 5.74) is 2.54. The second-order valence-corrected chi connectivity index (χ2v) is 4.76. The Hall–Kier alpha value is -2.41. The second kappa shape index (κ2) is 5.53. The van der Waals surface area contributed by atoms with Gasteiger partial charge >= 0.3 is 0 Å². The van der Waals surface area contributed by atoms with Crippen LogP contribution in [0.3, 0.4) is 0 Å². The van der Waals surface area contributed by atoms with Crippen molar-refractivity contribution in [1.29, 1.82) is 0 Å². The highest BCUT2D eigenvalue weighted by molar-refractivity contribution is 6.04. The number of H-pyrrole nitrogens is 1. The molecule has 2 aromatic rings. The third kappa shape index (κ3) is 2.59. The third-order valence-corrected chi connectivity index (χ3v) is 3.43. The number of anilines is 1. The van der Waals surface area contributed by atoms with Crippen LogP contribution in [0.2, 0.25) is 0 Å². The molecule has 1 aliphatic heterocycles. The summed E-state index contributed by atoms with van der Waals surface area (Å²) in [4.78, 5) is 12.2. The van der Waals surface area contributed by atoms with E-state index in [1.54, 1.807) is 6.07 Å². The largest absolute Gasteiger partial charge is 0.494 e. The Morgan fingerprint density at radius 2 is 2.33 bits per heavy atom. The predicted molar refractivity (Wildman–Crippen MR) is 74.9 cm³/mol. The predicted octanol–water partition coefficient (Wildman–Crippen LogP) is 1.46. The molecule has 110 valence electrons. The van der Waals surface area contributed by atoms with Gasteiger partial charge in [-0.2, -0.15) is 5.10 Å². The molecule has 1 amide bonds. The average Bonchev–Trinajstić information content (AvgIpc) is 2.91. The number of aromatic amines is 1. The number of aromatic nitrogens is 2. The van der Waals surface area contributed by atoms with Gasteiger partial charge < -0.3 is 15.4 Å². The maximum Gasteiger partial charge on any atom is 0.276 e. The number of hydrogen-bond donors (Lipinski definition) is 3. The lowest BCUT2D eigenvalue weighted by Crippen LogP contribution is -2.25. The molecular formula is C14H15FN4O2. The highest BCUT2D eigenvalue weighted by atomic mass is 19.1. The van der Waals surface area contributed by atoms with Crippen LogP contribution < -0.4 is 15.4 Å². The van der Waals surface area contributed by atoms with Crippen molar-refractivity contribution < 1.29 is 13.9 Å². The first-order valence-corrected chi connectivity index (χ1v) is 6.60. The molecule has 1 aromatic heterocycles. The van der Waals surface area contributed by atoms with Gasteiger partial charge in [-0.3, -0.25) is 9.89 Å². The minimum Gasteiger partial charge on any atom is -0.494 e. The molecule has 3 N–H and O–H groups in total. The number of benzene rings is 1. The Kier molecular flexibility index (Phi) is 3.57. The van der Waals surface area contributed by atoms with Gasteiger partial charge in [-0.25, -0.2) is 4.39 Å². The molecule has 0 spiro atoms. The van der Waals surface area contributed by atoms with E-state index in [1.807, 2.05) is 0 Å². The van der Waals surface area contributed by atoms with Gasteiger partial charge in [-0.05, 0) is 12.1 Å². The van der Waals surface area contributed by atoms with Crippen molar-refractivity contribution in [2.45, 2.75) is 13.0 Å². The fourth-order valence-corrected chi connectivity index (χ4v) is 2.35. The molecule has 1 aromatic carbocycles. The Bertz CT molecular complexity index is 684. The minimum atomic E-state index is -0.527. The van der Waals surface area contributed by atoms with E-state index in [4.69, 9.17) is 4.74 Å². The van der Waals surface area contributed by atoms with Crippen LogP contribution in [0.4, 0.5) is 10.1 Å². The number of ether oxygens (including phenoxy) is 1. The van der Waals surface area contributed by atoms with Crippen LogP contribution >= 0.6 is 0 Å². The van der Waals surface area contributed by atoms with E-state index in [-0.39, 0.29) is 11.7 Å². The number of carbonyl (C=O) groups is 1. The molecule has 21 heavy (non-hydrogen) atoms. The molecule has 0 saturated heterocycles. The topological polar surface area (TPSA) is 79.0 Å². The number of rotatable bonds is 3. The molecule has 0 saturated carbocycles. The molecule has 3 rings (SSSR count). The molecule has 0 atom stereocenters. The van der Waals surface area contributed by atoms with E-state index >= 15 is 0 Å². The van der Waals surface area contributed by atoms with Gasteiger partial charge in [0.1, 0.15) is 0 Å². The minimum absolute atomic E-state index is 0.134. The van der Waals surface area contributed by atoms with Crippen LogP contribution in [-0.2, 0) is 13.0 Å². The number of nitrogens with zero attached hydrogens (tertiary/aromatic N) is 1. The van der Waals surface area contributed by atoms with Gasteiger partial charge in [0, 0.05) is 42.5 Å². The average molecular weight is 290 g/mol. The van der Waals surface area contributed by atoms with E-state index in [0.29, 0.717) is 17.9 Å². The lowest BCUT2D eigenvalue weighted by molar-refractivity contribution is 0.102. The van der Waals surface area contributed by atoms with Crippen molar-refractivity contribution in [1.82, 2.24) is 15.5 Å². The van der Waals surface area contributed by atoms with Crippen LogP contribution in [0.25, 0.3) is 0 Å². The van der Waals surface area contributed by atoms with E-state index in [9.17, 15) is 9.18 Å². The highest BCUT2D eigenvalue weighted by Crippen LogP contribution is 2.22. The number of hydrogen-bond acceptors (Lipinski definition) is 4. The van der Waals surface area contributed by atoms with E-state index in [1.165, 1.54) is 19.2 Å². The Morgan fingerprint density at radius 3 is 3.10 bits per heavy atom. The first kappa shape index (κ1) is 13.6. The van der Waals surface area contributed by atoms with Crippen molar-refractivity contribution in [3.05, 3.63) is 41.0 Å². The molecule has 0 fully saturated rings. The van der Waals surface area contributed by atoms with Crippen molar-refractivity contribution in [3.63, 3.8) is 0 Å². The zero-order chi connectivity index (χ0) is 14.8. The first-order valence-electron chi connectivity index (χ1n) is 6.60. The molecule has 0 bridgehead atoms. The van der Waals surface area contributed by atoms with Gasteiger partial charge in [-0.1, -0.05) is 0 Å². The summed E-state index contributed by atoms with van der Waals surface area (Å²) < 4.78 is 18.4. The van der Waals surface area contributed by atoms with Crippen molar-refractivity contribution >= 4 is 11.6 Å². The molecule has 6 nitrogen and oxygen atoms in total. The van der Waals surface area contributed by atoms with Crippen LogP contribution in [-0.4, -0.2) is 29.8 Å². The Balaban J connectivity index is 1.80. The van der Waals surface area contributed by atoms with Gasteiger partial charge in [-0.15, -0.1) is 0 Å². The number of methoxy groups -OCH3 is 1. The number of halogens is 1. The van der Waals surface area contributed by atoms with E-state index in [2.05, 4.69) is 20.8 Å². The Labute approximate surface area is 120 Å². The molecule has 7 heteroatoms. The molecule has 0 aliphatic carbocycles. The molecule has 1 aliphatic rings. The Morgan fingerprint density at radius 1 is 1.48 bits per heavy atom. The quantitative estimate of drug-likeness (QED) is 0.799. The molecular weight excluding hydrogens is 275 g/mol. The summed E-state index contributed by atoms with van der Waals surface area (Å²) >= 11 is 0. The fourth-order valence-electron chi connectivity index (χ4n) is 2.35. The molecule has 2 heterocycles. The highest BCUT2D eigenvalue weighted by Gasteiger charge is 2.21. The summed E-state index contributed by atoms with van der Waals surface area (Å²) in [5, 5.41) is 12.8. The van der Waals surface area contributed by atoms with Crippen molar-refractivity contribution in [3.8, 4) is 5.75 Å². The number of carbonyl (C=O) groups excluding carboxylic acids is 1. The van der Waals surface area contributed by atoms with Crippen LogP contribution in [0.15, 0.2) is 18.2 Å². The second-order valence-electron chi connectivity index (χ2n) is 4.76. The molecule has 0 unspecified atom stereocenters. The number of nitrogens with one attached hydrogen (secondary N) is 3. The molecule has 0 radical (unpaired) electrons. The monoisotopic (exact) mass is 290 g/mol. The lowest BCUT2D eigenvalue weighted by atomic mass is 10.1. The van der Waals surface area contributed by atoms with Gasteiger partial charge in [0.25, 0.3) is 5.91 Å². The van der Waals surface area contributed by atoms with Gasteiger partial charge in [0.2, 0.25) is 0 Å². The number of amides is 1. The summed E-state index contributed by atoms with van der Waals surface area (Å²) in [6.07, 6.45) is 0.812. The van der Waals surface area contributed by atoms with Crippen LogP contribution in [0.1, 0.15) is 21.7 Å². The number of fused-ring (bicyclic) bond motifs is 1. The zero-order valence-electron chi connectivity index (χ0n) is 11.5. The van der Waals surface area contributed by atoms with Gasteiger partial charge in [0.05, 0.1) is 7.11 Å². The lowest BCUT2D eigenvalue weighted by Gasteiger charge is -2.13. The summed E-state index contributed by atoms with van der Waals surface area (Å²) in [5.74, 6) is -0.754. The van der Waals surface area contributed by atoms with Crippen LogP contribution in [0.5, 0.6) is 5.75 Å².